The number of amides is 1. The molecule has 0 heterocycles. The second-order valence-electron chi connectivity index (χ2n) is 4.69. The lowest BCUT2D eigenvalue weighted by atomic mass is 10.1. The Labute approximate surface area is 119 Å². The summed E-state index contributed by atoms with van der Waals surface area (Å²) in [7, 11) is -3.29. The van der Waals surface area contributed by atoms with Crippen LogP contribution in [-0.2, 0) is 14.8 Å². The number of nitrogens with two attached hydrogens (primary N) is 1. The number of sulfonamides is 1. The second kappa shape index (κ2) is 7.25. The van der Waals surface area contributed by atoms with Gasteiger partial charge in [0.25, 0.3) is 0 Å². The van der Waals surface area contributed by atoms with Gasteiger partial charge < -0.3 is 11.1 Å². The fourth-order valence-electron chi connectivity index (χ4n) is 1.63. The summed E-state index contributed by atoms with van der Waals surface area (Å²) >= 11 is 0. The first-order chi connectivity index (χ1) is 9.31. The monoisotopic (exact) mass is 299 g/mol. The second-order valence-corrected chi connectivity index (χ2v) is 6.44. The lowest BCUT2D eigenvalue weighted by Gasteiger charge is -2.12. The molecule has 0 spiro atoms. The first kappa shape index (κ1) is 16.5. The van der Waals surface area contributed by atoms with E-state index in [1.807, 2.05) is 6.92 Å². The third kappa shape index (κ3) is 6.03. The lowest BCUT2D eigenvalue weighted by molar-refractivity contribution is -0.117. The molecule has 112 valence electrons. The van der Waals surface area contributed by atoms with Crippen molar-refractivity contribution in [3.8, 4) is 0 Å². The molecule has 1 aromatic carbocycles. The summed E-state index contributed by atoms with van der Waals surface area (Å²) in [5, 5.41) is 2.70. The molecule has 0 fully saturated rings. The van der Waals surface area contributed by atoms with Crippen LogP contribution in [0, 0.1) is 0 Å². The van der Waals surface area contributed by atoms with Crippen molar-refractivity contribution in [2.24, 2.45) is 5.73 Å². The molecule has 4 N–H and O–H groups in total. The zero-order chi connectivity index (χ0) is 15.2. The SMILES string of the molecule is CCCCC(N)C(=O)Nc1ccc(NS(C)(=O)=O)cc1. The van der Waals surface area contributed by atoms with E-state index in [1.165, 1.54) is 0 Å². The Balaban J connectivity index is 2.59. The number of unbranched alkanes of at least 4 members (excludes halogenated alkanes) is 1. The van der Waals surface area contributed by atoms with Crippen LogP contribution in [0.15, 0.2) is 24.3 Å². The van der Waals surface area contributed by atoms with E-state index in [0.29, 0.717) is 17.8 Å². The van der Waals surface area contributed by atoms with Gasteiger partial charge in [-0.2, -0.15) is 0 Å². The van der Waals surface area contributed by atoms with E-state index < -0.39 is 16.1 Å². The Morgan fingerprint density at radius 1 is 1.25 bits per heavy atom. The third-order valence-corrected chi connectivity index (χ3v) is 3.27. The molecule has 0 aliphatic heterocycles. The Bertz CT molecular complexity index is 540. The number of nitrogens with one attached hydrogen (secondary N) is 2. The minimum absolute atomic E-state index is 0.234. The Kier molecular flexibility index (Phi) is 5.97. The van der Waals surface area contributed by atoms with Gasteiger partial charge in [-0.25, -0.2) is 8.42 Å². The molecule has 1 atom stereocenters. The normalized spacial score (nSPS) is 12.8. The Morgan fingerprint density at radius 3 is 2.30 bits per heavy atom. The standard InChI is InChI=1S/C13H21N3O3S/c1-3-4-5-12(14)13(17)15-10-6-8-11(9-7-10)16-20(2,18)19/h6-9,12,16H,3-5,14H2,1-2H3,(H,15,17). The molecular weight excluding hydrogens is 278 g/mol. The molecule has 0 aromatic heterocycles. The minimum Gasteiger partial charge on any atom is -0.325 e. The highest BCUT2D eigenvalue weighted by molar-refractivity contribution is 7.92. The number of benzene rings is 1. The molecule has 0 aliphatic carbocycles. The van der Waals surface area contributed by atoms with Crippen LogP contribution in [0.3, 0.4) is 0 Å². The van der Waals surface area contributed by atoms with Gasteiger partial charge in [0.2, 0.25) is 15.9 Å². The maximum Gasteiger partial charge on any atom is 0.241 e. The van der Waals surface area contributed by atoms with E-state index in [0.717, 1.165) is 19.1 Å². The van der Waals surface area contributed by atoms with Crippen LogP contribution in [0.4, 0.5) is 11.4 Å². The summed E-state index contributed by atoms with van der Waals surface area (Å²) in [5.74, 6) is -0.234. The molecule has 1 unspecified atom stereocenters. The fourth-order valence-corrected chi connectivity index (χ4v) is 2.19. The quantitative estimate of drug-likeness (QED) is 0.710. The number of hydrogen-bond acceptors (Lipinski definition) is 4. The summed E-state index contributed by atoms with van der Waals surface area (Å²) in [6.45, 7) is 2.04. The lowest BCUT2D eigenvalue weighted by Crippen LogP contribution is -2.35. The average Bonchev–Trinajstić information content (AvgIpc) is 2.36. The number of rotatable bonds is 7. The predicted molar refractivity (Wildman–Crippen MR) is 81.0 cm³/mol. The van der Waals surface area contributed by atoms with E-state index in [2.05, 4.69) is 10.0 Å². The maximum atomic E-state index is 11.8. The van der Waals surface area contributed by atoms with E-state index in [9.17, 15) is 13.2 Å². The molecule has 0 bridgehead atoms. The zero-order valence-electron chi connectivity index (χ0n) is 11.7. The highest BCUT2D eigenvalue weighted by Crippen LogP contribution is 2.15. The molecule has 0 aliphatic rings. The molecule has 20 heavy (non-hydrogen) atoms. The van der Waals surface area contributed by atoms with Crippen LogP contribution in [-0.4, -0.2) is 26.6 Å². The average molecular weight is 299 g/mol. The molecule has 0 saturated heterocycles. The van der Waals surface area contributed by atoms with Crippen molar-refractivity contribution in [2.45, 2.75) is 32.2 Å². The Hall–Kier alpha value is -1.60. The molecule has 1 amide bonds. The van der Waals surface area contributed by atoms with Crippen LogP contribution in [0.2, 0.25) is 0 Å². The summed E-state index contributed by atoms with van der Waals surface area (Å²) in [6.07, 6.45) is 3.63. The first-order valence-corrected chi connectivity index (χ1v) is 8.35. The number of anilines is 2. The van der Waals surface area contributed by atoms with Crippen LogP contribution >= 0.6 is 0 Å². The van der Waals surface area contributed by atoms with Crippen molar-refractivity contribution in [2.75, 3.05) is 16.3 Å². The van der Waals surface area contributed by atoms with Crippen molar-refractivity contribution in [1.82, 2.24) is 0 Å². The van der Waals surface area contributed by atoms with Crippen LogP contribution in [0.25, 0.3) is 0 Å². The Morgan fingerprint density at radius 2 is 1.80 bits per heavy atom. The van der Waals surface area contributed by atoms with Gasteiger partial charge in [0, 0.05) is 11.4 Å². The number of carbonyl (C=O) groups excluding carboxylic acids is 1. The third-order valence-electron chi connectivity index (χ3n) is 2.66. The maximum absolute atomic E-state index is 11.8. The van der Waals surface area contributed by atoms with Gasteiger partial charge in [-0.3, -0.25) is 9.52 Å². The van der Waals surface area contributed by atoms with Crippen LogP contribution in [0.1, 0.15) is 26.2 Å². The summed E-state index contributed by atoms with van der Waals surface area (Å²) < 4.78 is 24.5. The smallest absolute Gasteiger partial charge is 0.241 e. The van der Waals surface area contributed by atoms with Gasteiger partial charge >= 0.3 is 0 Å². The topological polar surface area (TPSA) is 101 Å². The number of carbonyl (C=O) groups is 1. The molecule has 0 radical (unpaired) electrons. The highest BCUT2D eigenvalue weighted by atomic mass is 32.2. The van der Waals surface area contributed by atoms with Gasteiger partial charge in [-0.05, 0) is 30.7 Å². The molecule has 7 heteroatoms. The molecular formula is C13H21N3O3S. The summed E-state index contributed by atoms with van der Waals surface area (Å²) in [6, 6.07) is 5.88. The van der Waals surface area contributed by atoms with Crippen molar-refractivity contribution in [1.29, 1.82) is 0 Å². The van der Waals surface area contributed by atoms with E-state index in [-0.39, 0.29) is 5.91 Å². The van der Waals surface area contributed by atoms with Crippen molar-refractivity contribution in [3.05, 3.63) is 24.3 Å². The minimum atomic E-state index is -3.29. The molecule has 0 saturated carbocycles. The fraction of sp³-hybridized carbons (Fsp3) is 0.462. The largest absolute Gasteiger partial charge is 0.325 e. The summed E-state index contributed by atoms with van der Waals surface area (Å²) in [5.41, 5.74) is 6.79. The van der Waals surface area contributed by atoms with Crippen LogP contribution < -0.4 is 15.8 Å². The predicted octanol–water partition coefficient (Wildman–Crippen LogP) is 1.51. The molecule has 1 aromatic rings. The van der Waals surface area contributed by atoms with Gasteiger partial charge in [0.15, 0.2) is 0 Å². The van der Waals surface area contributed by atoms with Crippen LogP contribution in [0.5, 0.6) is 0 Å². The number of hydrogen-bond donors (Lipinski definition) is 3. The van der Waals surface area contributed by atoms with Gasteiger partial charge in [0.05, 0.1) is 12.3 Å². The molecule has 6 nitrogen and oxygen atoms in total. The van der Waals surface area contributed by atoms with E-state index >= 15 is 0 Å². The van der Waals surface area contributed by atoms with Crippen molar-refractivity contribution < 1.29 is 13.2 Å². The summed E-state index contributed by atoms with van der Waals surface area (Å²) in [4.78, 5) is 11.8. The van der Waals surface area contributed by atoms with Crippen molar-refractivity contribution in [3.63, 3.8) is 0 Å². The van der Waals surface area contributed by atoms with E-state index in [1.54, 1.807) is 24.3 Å². The van der Waals surface area contributed by atoms with E-state index in [4.69, 9.17) is 5.73 Å². The molecule has 1 rings (SSSR count). The van der Waals surface area contributed by atoms with Gasteiger partial charge in [-0.15, -0.1) is 0 Å². The highest BCUT2D eigenvalue weighted by Gasteiger charge is 2.12. The first-order valence-electron chi connectivity index (χ1n) is 6.46. The van der Waals surface area contributed by atoms with Gasteiger partial charge in [-0.1, -0.05) is 19.8 Å². The van der Waals surface area contributed by atoms with Crippen molar-refractivity contribution >= 4 is 27.3 Å². The zero-order valence-corrected chi connectivity index (χ0v) is 12.5. The van der Waals surface area contributed by atoms with Gasteiger partial charge in [0.1, 0.15) is 0 Å².